The molecule has 1 heterocycles. The summed E-state index contributed by atoms with van der Waals surface area (Å²) in [5.74, 6) is 0.577. The molecule has 2 rings (SSSR count). The Morgan fingerprint density at radius 1 is 1.19 bits per heavy atom. The number of aryl methyl sites for hydroxylation is 1. The molecule has 0 saturated carbocycles. The molecule has 2 aromatic rings. The third-order valence-corrected chi connectivity index (χ3v) is 2.58. The van der Waals surface area contributed by atoms with Gasteiger partial charge in [0.05, 0.1) is 0 Å². The second kappa shape index (κ2) is 3.81. The van der Waals surface area contributed by atoms with E-state index < -0.39 is 0 Å². The highest BCUT2D eigenvalue weighted by atomic mass is 16.1. The molecule has 1 aromatic carbocycles. The first-order valence-corrected chi connectivity index (χ1v) is 5.01. The lowest BCUT2D eigenvalue weighted by Crippen LogP contribution is -2.14. The Bertz CT molecular complexity index is 570. The fourth-order valence-electron chi connectivity index (χ4n) is 1.42. The predicted molar refractivity (Wildman–Crippen MR) is 64.2 cm³/mol. The molecule has 0 aliphatic heterocycles. The van der Waals surface area contributed by atoms with Crippen LogP contribution in [0.5, 0.6) is 0 Å². The van der Waals surface area contributed by atoms with Gasteiger partial charge in [-0.2, -0.15) is 0 Å². The van der Waals surface area contributed by atoms with Gasteiger partial charge in [0.15, 0.2) is 0 Å². The lowest BCUT2D eigenvalue weighted by molar-refractivity contribution is 1.03. The highest BCUT2D eigenvalue weighted by Gasteiger charge is 2.05. The van der Waals surface area contributed by atoms with Crippen LogP contribution in [-0.4, -0.2) is 9.97 Å². The van der Waals surface area contributed by atoms with E-state index in [1.165, 1.54) is 0 Å². The quantitative estimate of drug-likeness (QED) is 0.710. The molecule has 0 radical (unpaired) electrons. The van der Waals surface area contributed by atoms with Crippen LogP contribution in [0.3, 0.4) is 0 Å². The summed E-state index contributed by atoms with van der Waals surface area (Å²) in [7, 11) is 0. The molecule has 0 fully saturated rings. The number of nitrogen functional groups attached to an aromatic ring is 1. The molecule has 4 nitrogen and oxygen atoms in total. The summed E-state index contributed by atoms with van der Waals surface area (Å²) in [5, 5.41) is 0. The van der Waals surface area contributed by atoms with Gasteiger partial charge in [-0.05, 0) is 38.1 Å². The Morgan fingerprint density at radius 3 is 2.38 bits per heavy atom. The van der Waals surface area contributed by atoms with Gasteiger partial charge in [0, 0.05) is 22.5 Å². The fourth-order valence-corrected chi connectivity index (χ4v) is 1.42. The molecule has 1 aromatic heterocycles. The van der Waals surface area contributed by atoms with Crippen molar-refractivity contribution in [3.8, 4) is 11.4 Å². The summed E-state index contributed by atoms with van der Waals surface area (Å²) < 4.78 is 0. The van der Waals surface area contributed by atoms with Crippen LogP contribution >= 0.6 is 0 Å². The van der Waals surface area contributed by atoms with E-state index in [9.17, 15) is 4.79 Å². The number of nitrogens with zero attached hydrogens (tertiary/aromatic N) is 1. The van der Waals surface area contributed by atoms with Crippen LogP contribution in [0.15, 0.2) is 29.1 Å². The van der Waals surface area contributed by atoms with E-state index in [1.807, 2.05) is 19.1 Å². The van der Waals surface area contributed by atoms with E-state index >= 15 is 0 Å². The fraction of sp³-hybridized carbons (Fsp3) is 0.167. The largest absolute Gasteiger partial charge is 0.399 e. The van der Waals surface area contributed by atoms with E-state index in [2.05, 4.69) is 9.97 Å². The summed E-state index contributed by atoms with van der Waals surface area (Å²) in [6, 6.07) is 7.24. The summed E-state index contributed by atoms with van der Waals surface area (Å²) in [6.07, 6.45) is 0. The van der Waals surface area contributed by atoms with Crippen molar-refractivity contribution in [2.75, 3.05) is 5.73 Å². The van der Waals surface area contributed by atoms with Crippen molar-refractivity contribution in [3.05, 3.63) is 45.9 Å². The first-order chi connectivity index (χ1) is 7.58. The van der Waals surface area contributed by atoms with Crippen molar-refractivity contribution in [2.45, 2.75) is 13.8 Å². The van der Waals surface area contributed by atoms with Gasteiger partial charge in [-0.3, -0.25) is 4.79 Å². The van der Waals surface area contributed by atoms with E-state index in [4.69, 9.17) is 5.73 Å². The summed E-state index contributed by atoms with van der Waals surface area (Å²) in [4.78, 5) is 18.7. The first kappa shape index (κ1) is 10.4. The van der Waals surface area contributed by atoms with Gasteiger partial charge in [0.1, 0.15) is 5.82 Å². The Kier molecular flexibility index (Phi) is 2.48. The van der Waals surface area contributed by atoms with E-state index in [0.717, 1.165) is 11.3 Å². The number of benzene rings is 1. The van der Waals surface area contributed by atoms with Gasteiger partial charge in [0.2, 0.25) is 0 Å². The SMILES string of the molecule is Cc1nc(-c2ccc(N)cc2)[nH]c(=O)c1C. The molecule has 0 spiro atoms. The third kappa shape index (κ3) is 1.82. The van der Waals surface area contributed by atoms with Crippen LogP contribution in [0.25, 0.3) is 11.4 Å². The average molecular weight is 215 g/mol. The van der Waals surface area contributed by atoms with Crippen LogP contribution in [0, 0.1) is 13.8 Å². The van der Waals surface area contributed by atoms with Crippen LogP contribution in [-0.2, 0) is 0 Å². The smallest absolute Gasteiger partial charge is 0.254 e. The lowest BCUT2D eigenvalue weighted by Gasteiger charge is -2.04. The Morgan fingerprint density at radius 2 is 1.81 bits per heavy atom. The topological polar surface area (TPSA) is 71.8 Å². The predicted octanol–water partition coefficient (Wildman–Crippen LogP) is 1.64. The zero-order valence-electron chi connectivity index (χ0n) is 9.24. The van der Waals surface area contributed by atoms with E-state index in [1.54, 1.807) is 19.1 Å². The van der Waals surface area contributed by atoms with Crippen LogP contribution < -0.4 is 11.3 Å². The van der Waals surface area contributed by atoms with Crippen molar-refractivity contribution in [2.24, 2.45) is 0 Å². The maximum absolute atomic E-state index is 11.6. The van der Waals surface area contributed by atoms with E-state index in [-0.39, 0.29) is 5.56 Å². The number of rotatable bonds is 1. The number of hydrogen-bond acceptors (Lipinski definition) is 3. The molecule has 4 heteroatoms. The minimum absolute atomic E-state index is 0.0978. The standard InChI is InChI=1S/C12H13N3O/c1-7-8(2)14-11(15-12(7)16)9-3-5-10(13)6-4-9/h3-6H,13H2,1-2H3,(H,14,15,16). The number of anilines is 1. The van der Waals surface area contributed by atoms with Gasteiger partial charge in [-0.15, -0.1) is 0 Å². The van der Waals surface area contributed by atoms with Crippen molar-refractivity contribution in [1.82, 2.24) is 9.97 Å². The normalized spacial score (nSPS) is 10.4. The molecule has 3 N–H and O–H groups in total. The molecule has 0 unspecified atom stereocenters. The van der Waals surface area contributed by atoms with Crippen molar-refractivity contribution < 1.29 is 0 Å². The third-order valence-electron chi connectivity index (χ3n) is 2.58. The minimum Gasteiger partial charge on any atom is -0.399 e. The number of nitrogens with one attached hydrogen (secondary N) is 1. The summed E-state index contributed by atoms with van der Waals surface area (Å²) >= 11 is 0. The number of nitrogens with two attached hydrogens (primary N) is 1. The lowest BCUT2D eigenvalue weighted by atomic mass is 10.2. The average Bonchev–Trinajstić information content (AvgIpc) is 2.26. The zero-order valence-corrected chi connectivity index (χ0v) is 9.24. The van der Waals surface area contributed by atoms with Crippen molar-refractivity contribution >= 4 is 5.69 Å². The van der Waals surface area contributed by atoms with Crippen molar-refractivity contribution in [1.29, 1.82) is 0 Å². The number of hydrogen-bond donors (Lipinski definition) is 2. The second-order valence-corrected chi connectivity index (χ2v) is 3.75. The molecular formula is C12H13N3O. The van der Waals surface area contributed by atoms with Gasteiger partial charge < -0.3 is 10.7 Å². The van der Waals surface area contributed by atoms with Crippen LogP contribution in [0.4, 0.5) is 5.69 Å². The molecule has 0 aliphatic carbocycles. The monoisotopic (exact) mass is 215 g/mol. The van der Waals surface area contributed by atoms with Gasteiger partial charge in [0.25, 0.3) is 5.56 Å². The van der Waals surface area contributed by atoms with Gasteiger partial charge in [-0.25, -0.2) is 4.98 Å². The summed E-state index contributed by atoms with van der Waals surface area (Å²) in [5.41, 5.74) is 8.44. The molecule has 82 valence electrons. The maximum Gasteiger partial charge on any atom is 0.254 e. The van der Waals surface area contributed by atoms with Crippen LogP contribution in [0.1, 0.15) is 11.3 Å². The van der Waals surface area contributed by atoms with Gasteiger partial charge >= 0.3 is 0 Å². The highest BCUT2D eigenvalue weighted by Crippen LogP contribution is 2.15. The molecule has 0 amide bonds. The minimum atomic E-state index is -0.0978. The molecule has 0 bridgehead atoms. The zero-order chi connectivity index (χ0) is 11.7. The van der Waals surface area contributed by atoms with Crippen molar-refractivity contribution in [3.63, 3.8) is 0 Å². The highest BCUT2D eigenvalue weighted by molar-refractivity contribution is 5.58. The molecular weight excluding hydrogens is 202 g/mol. The molecule has 0 aliphatic rings. The van der Waals surface area contributed by atoms with E-state index in [0.29, 0.717) is 17.1 Å². The summed E-state index contributed by atoms with van der Waals surface area (Å²) in [6.45, 7) is 3.58. The number of aromatic nitrogens is 2. The molecule has 0 atom stereocenters. The van der Waals surface area contributed by atoms with Crippen LogP contribution in [0.2, 0.25) is 0 Å². The number of H-pyrrole nitrogens is 1. The Labute approximate surface area is 93.2 Å². The first-order valence-electron chi connectivity index (χ1n) is 5.01. The molecule has 16 heavy (non-hydrogen) atoms. The number of aromatic amines is 1. The Balaban J connectivity index is 2.57. The Hall–Kier alpha value is -2.10. The maximum atomic E-state index is 11.6. The van der Waals surface area contributed by atoms with Gasteiger partial charge in [-0.1, -0.05) is 0 Å². The second-order valence-electron chi connectivity index (χ2n) is 3.75. The molecule has 0 saturated heterocycles.